The summed E-state index contributed by atoms with van der Waals surface area (Å²) in [5, 5.41) is 0. The van der Waals surface area contributed by atoms with Gasteiger partial charge in [-0.05, 0) is 24.0 Å². The molecule has 0 spiro atoms. The van der Waals surface area contributed by atoms with Gasteiger partial charge in [-0.2, -0.15) is 0 Å². The molecule has 3 nitrogen and oxygen atoms in total. The molecule has 0 aliphatic heterocycles. The van der Waals surface area contributed by atoms with Crippen molar-refractivity contribution in [2.75, 3.05) is 0 Å². The van der Waals surface area contributed by atoms with Crippen LogP contribution in [0.5, 0.6) is 0 Å². The van der Waals surface area contributed by atoms with Crippen molar-refractivity contribution in [2.45, 2.75) is 25.3 Å². The lowest BCUT2D eigenvalue weighted by Gasteiger charge is -2.07. The molecule has 0 amide bonds. The Morgan fingerprint density at radius 1 is 1.85 bits per heavy atom. The van der Waals surface area contributed by atoms with Crippen LogP contribution in [0.4, 0.5) is 0 Å². The number of carbonyl (C=O) groups excluding carboxylic acids is 1. The van der Waals surface area contributed by atoms with Crippen molar-refractivity contribution in [3.8, 4) is 0 Å². The van der Waals surface area contributed by atoms with Gasteiger partial charge in [0.05, 0.1) is 0 Å². The molecule has 0 fully saturated rings. The first kappa shape index (κ1) is 10.5. The second-order valence-corrected chi connectivity index (χ2v) is 3.80. The van der Waals surface area contributed by atoms with Crippen molar-refractivity contribution in [1.29, 1.82) is 0 Å². The first-order valence-corrected chi connectivity index (χ1v) is 5.20. The first-order chi connectivity index (χ1) is 6.24. The zero-order valence-electron chi connectivity index (χ0n) is 7.20. The van der Waals surface area contributed by atoms with E-state index in [1.54, 1.807) is 12.3 Å². The number of rotatable bonds is 4. The van der Waals surface area contributed by atoms with Crippen molar-refractivity contribution >= 4 is 29.1 Å². The largest absolute Gasteiger partial charge is 0.442 e. The number of carbonyl (C=O) groups is 1. The molecule has 0 aliphatic carbocycles. The summed E-state index contributed by atoms with van der Waals surface area (Å²) in [5.74, 6) is -0.393. The van der Waals surface area contributed by atoms with Gasteiger partial charge in [0, 0.05) is 6.20 Å². The van der Waals surface area contributed by atoms with Crippen molar-refractivity contribution in [1.82, 2.24) is 4.37 Å². The van der Waals surface area contributed by atoms with E-state index in [0.29, 0.717) is 11.3 Å². The van der Waals surface area contributed by atoms with Crippen molar-refractivity contribution in [3.63, 3.8) is 0 Å². The van der Waals surface area contributed by atoms with Gasteiger partial charge in [0.2, 0.25) is 0 Å². The molecule has 0 saturated heterocycles. The van der Waals surface area contributed by atoms with Crippen LogP contribution in [0.15, 0.2) is 12.3 Å². The zero-order chi connectivity index (χ0) is 9.68. The SMILES string of the molecule is CCCC(Cl)OC(=O)c1ccns1. The predicted molar refractivity (Wildman–Crippen MR) is 52.1 cm³/mol. The summed E-state index contributed by atoms with van der Waals surface area (Å²) in [6, 6.07) is 1.61. The van der Waals surface area contributed by atoms with E-state index in [2.05, 4.69) is 4.37 Å². The number of esters is 1. The van der Waals surface area contributed by atoms with Crippen LogP contribution < -0.4 is 0 Å². The van der Waals surface area contributed by atoms with Gasteiger partial charge in [0.1, 0.15) is 4.88 Å². The van der Waals surface area contributed by atoms with Crippen LogP contribution >= 0.6 is 23.1 Å². The maximum atomic E-state index is 11.3. The number of aromatic nitrogens is 1. The molecule has 0 radical (unpaired) electrons. The monoisotopic (exact) mass is 219 g/mol. The highest BCUT2D eigenvalue weighted by molar-refractivity contribution is 7.07. The second-order valence-electron chi connectivity index (χ2n) is 2.48. The first-order valence-electron chi connectivity index (χ1n) is 3.99. The number of hydrogen-bond donors (Lipinski definition) is 0. The average Bonchev–Trinajstić information content (AvgIpc) is 2.55. The van der Waals surface area contributed by atoms with E-state index >= 15 is 0 Å². The van der Waals surface area contributed by atoms with E-state index in [-0.39, 0.29) is 0 Å². The molecule has 0 bridgehead atoms. The summed E-state index contributed by atoms with van der Waals surface area (Å²) in [4.78, 5) is 11.7. The fraction of sp³-hybridized carbons (Fsp3) is 0.500. The fourth-order valence-electron chi connectivity index (χ4n) is 0.781. The van der Waals surface area contributed by atoms with Crippen molar-refractivity contribution in [2.24, 2.45) is 0 Å². The summed E-state index contributed by atoms with van der Waals surface area (Å²) < 4.78 is 8.73. The Bertz CT molecular complexity index is 263. The van der Waals surface area contributed by atoms with Gasteiger partial charge in [-0.25, -0.2) is 9.17 Å². The highest BCUT2D eigenvalue weighted by atomic mass is 35.5. The topological polar surface area (TPSA) is 39.2 Å². The number of hydrogen-bond acceptors (Lipinski definition) is 4. The van der Waals surface area contributed by atoms with E-state index in [9.17, 15) is 4.79 Å². The fourth-order valence-corrected chi connectivity index (χ4v) is 1.56. The molecule has 13 heavy (non-hydrogen) atoms. The minimum atomic E-state index is -0.528. The maximum Gasteiger partial charge on any atom is 0.351 e. The number of ether oxygens (including phenoxy) is 1. The predicted octanol–water partition coefficient (Wildman–Crippen LogP) is 2.66. The molecular formula is C8H10ClNO2S. The smallest absolute Gasteiger partial charge is 0.351 e. The summed E-state index contributed by atoms with van der Waals surface area (Å²) in [6.45, 7) is 1.98. The van der Waals surface area contributed by atoms with E-state index in [1.165, 1.54) is 0 Å². The molecule has 0 aromatic carbocycles. The molecular weight excluding hydrogens is 210 g/mol. The Labute approximate surface area is 85.8 Å². The van der Waals surface area contributed by atoms with Gasteiger partial charge in [0.15, 0.2) is 5.56 Å². The van der Waals surface area contributed by atoms with Crippen molar-refractivity contribution in [3.05, 3.63) is 17.1 Å². The van der Waals surface area contributed by atoms with Crippen LogP contribution in [0.25, 0.3) is 0 Å². The number of nitrogens with zero attached hydrogens (tertiary/aromatic N) is 1. The minimum absolute atomic E-state index is 0.393. The molecule has 1 unspecified atom stereocenters. The zero-order valence-corrected chi connectivity index (χ0v) is 8.77. The molecule has 0 saturated carbocycles. The summed E-state index contributed by atoms with van der Waals surface area (Å²) in [5.41, 5.74) is -0.528. The van der Waals surface area contributed by atoms with Crippen LogP contribution in [-0.2, 0) is 4.74 Å². The molecule has 1 aromatic heterocycles. The Morgan fingerprint density at radius 3 is 3.15 bits per heavy atom. The molecule has 0 N–H and O–H groups in total. The quantitative estimate of drug-likeness (QED) is 0.577. The van der Waals surface area contributed by atoms with Crippen molar-refractivity contribution < 1.29 is 9.53 Å². The molecule has 1 heterocycles. The third-order valence-corrected chi connectivity index (χ3v) is 2.42. The Morgan fingerprint density at radius 2 is 2.62 bits per heavy atom. The molecule has 72 valence electrons. The van der Waals surface area contributed by atoms with Gasteiger partial charge in [0.25, 0.3) is 0 Å². The van der Waals surface area contributed by atoms with E-state index in [1.807, 2.05) is 6.92 Å². The average molecular weight is 220 g/mol. The third-order valence-electron chi connectivity index (χ3n) is 1.39. The van der Waals surface area contributed by atoms with Gasteiger partial charge in [-0.1, -0.05) is 24.9 Å². The lowest BCUT2D eigenvalue weighted by atomic mass is 10.3. The Balaban J connectivity index is 2.42. The van der Waals surface area contributed by atoms with E-state index in [0.717, 1.165) is 18.0 Å². The van der Waals surface area contributed by atoms with Crippen LogP contribution in [0.2, 0.25) is 0 Å². The molecule has 1 rings (SSSR count). The third kappa shape index (κ3) is 3.32. The molecule has 5 heteroatoms. The lowest BCUT2D eigenvalue weighted by molar-refractivity contribution is 0.0442. The Kier molecular flexibility index (Phi) is 4.18. The second kappa shape index (κ2) is 5.19. The maximum absolute atomic E-state index is 11.3. The van der Waals surface area contributed by atoms with Gasteiger partial charge >= 0.3 is 5.97 Å². The minimum Gasteiger partial charge on any atom is -0.442 e. The number of alkyl halides is 1. The van der Waals surface area contributed by atoms with E-state index in [4.69, 9.17) is 16.3 Å². The molecule has 1 aromatic rings. The van der Waals surface area contributed by atoms with Crippen LogP contribution in [0, 0.1) is 0 Å². The summed E-state index contributed by atoms with van der Waals surface area (Å²) >= 11 is 6.84. The van der Waals surface area contributed by atoms with Gasteiger partial charge < -0.3 is 4.74 Å². The Hall–Kier alpha value is -0.610. The summed E-state index contributed by atoms with van der Waals surface area (Å²) in [7, 11) is 0. The van der Waals surface area contributed by atoms with E-state index < -0.39 is 11.5 Å². The molecule has 1 atom stereocenters. The molecule has 0 aliphatic rings. The van der Waals surface area contributed by atoms with Gasteiger partial charge in [-0.3, -0.25) is 0 Å². The van der Waals surface area contributed by atoms with Crippen LogP contribution in [0.1, 0.15) is 29.4 Å². The highest BCUT2D eigenvalue weighted by Crippen LogP contribution is 2.12. The van der Waals surface area contributed by atoms with Crippen LogP contribution in [-0.4, -0.2) is 15.9 Å². The lowest BCUT2D eigenvalue weighted by Crippen LogP contribution is -2.11. The van der Waals surface area contributed by atoms with Gasteiger partial charge in [-0.15, -0.1) is 0 Å². The highest BCUT2D eigenvalue weighted by Gasteiger charge is 2.13. The number of halogens is 1. The van der Waals surface area contributed by atoms with Crippen LogP contribution in [0.3, 0.4) is 0 Å². The summed E-state index contributed by atoms with van der Waals surface area (Å²) in [6.07, 6.45) is 3.13. The normalized spacial score (nSPS) is 12.5. The standard InChI is InChI=1S/C8H10ClNO2S/c1-2-3-7(9)12-8(11)6-4-5-10-13-6/h4-5,7H,2-3H2,1H3.